The number of aryl methyl sites for hydroxylation is 4. The molecule has 0 fully saturated rings. The van der Waals surface area contributed by atoms with Gasteiger partial charge in [0.05, 0.1) is 12.5 Å². The quantitative estimate of drug-likeness (QED) is 0.881. The van der Waals surface area contributed by atoms with Crippen LogP contribution in [-0.2, 0) is 16.0 Å². The SMILES string of the molecule is Cc1cc(C)c(NC(=O)CNC(=O)C2CCCc3ccccc32)c(C)c1. The van der Waals surface area contributed by atoms with Crippen molar-refractivity contribution in [3.63, 3.8) is 0 Å². The van der Waals surface area contributed by atoms with E-state index in [0.717, 1.165) is 41.6 Å². The summed E-state index contributed by atoms with van der Waals surface area (Å²) >= 11 is 0. The molecule has 0 saturated heterocycles. The van der Waals surface area contributed by atoms with Crippen LogP contribution in [0.25, 0.3) is 0 Å². The molecular formula is C22H26N2O2. The summed E-state index contributed by atoms with van der Waals surface area (Å²) in [5, 5.41) is 5.74. The van der Waals surface area contributed by atoms with Crippen LogP contribution in [0.2, 0.25) is 0 Å². The molecule has 0 heterocycles. The van der Waals surface area contributed by atoms with Gasteiger partial charge in [-0.1, -0.05) is 42.0 Å². The van der Waals surface area contributed by atoms with Crippen molar-refractivity contribution in [2.45, 2.75) is 46.0 Å². The van der Waals surface area contributed by atoms with Crippen molar-refractivity contribution in [3.8, 4) is 0 Å². The molecule has 0 spiro atoms. The molecule has 4 heteroatoms. The molecule has 1 unspecified atom stereocenters. The molecule has 1 aliphatic carbocycles. The van der Waals surface area contributed by atoms with Gasteiger partial charge in [0.25, 0.3) is 0 Å². The first-order chi connectivity index (χ1) is 12.5. The van der Waals surface area contributed by atoms with Gasteiger partial charge in [0.2, 0.25) is 11.8 Å². The standard InChI is InChI=1S/C22H26N2O2/c1-14-11-15(2)21(16(3)12-14)24-20(25)13-23-22(26)19-10-6-8-17-7-4-5-9-18(17)19/h4-5,7,9,11-12,19H,6,8,10,13H2,1-3H3,(H,23,26)(H,24,25). The Balaban J connectivity index is 1.61. The lowest BCUT2D eigenvalue weighted by molar-refractivity contribution is -0.125. The minimum Gasteiger partial charge on any atom is -0.346 e. The van der Waals surface area contributed by atoms with E-state index in [1.807, 2.05) is 51.1 Å². The second-order valence-corrected chi connectivity index (χ2v) is 7.18. The number of anilines is 1. The topological polar surface area (TPSA) is 58.2 Å². The number of rotatable bonds is 4. The molecule has 2 amide bonds. The molecule has 1 aliphatic rings. The van der Waals surface area contributed by atoms with E-state index in [9.17, 15) is 9.59 Å². The zero-order valence-electron chi connectivity index (χ0n) is 15.7. The van der Waals surface area contributed by atoms with E-state index < -0.39 is 0 Å². The number of carbonyl (C=O) groups is 2. The number of carbonyl (C=O) groups excluding carboxylic acids is 2. The highest BCUT2D eigenvalue weighted by Gasteiger charge is 2.26. The molecule has 0 aromatic heterocycles. The lowest BCUT2D eigenvalue weighted by Gasteiger charge is -2.24. The molecular weight excluding hydrogens is 324 g/mol. The maximum absolute atomic E-state index is 12.6. The van der Waals surface area contributed by atoms with E-state index in [-0.39, 0.29) is 24.3 Å². The molecule has 1 atom stereocenters. The zero-order valence-corrected chi connectivity index (χ0v) is 15.7. The molecule has 0 radical (unpaired) electrons. The van der Waals surface area contributed by atoms with Gasteiger partial charge in [-0.3, -0.25) is 9.59 Å². The number of hydrogen-bond donors (Lipinski definition) is 2. The van der Waals surface area contributed by atoms with E-state index in [4.69, 9.17) is 0 Å². The van der Waals surface area contributed by atoms with Crippen molar-refractivity contribution in [2.24, 2.45) is 0 Å². The summed E-state index contributed by atoms with van der Waals surface area (Å²) in [5.74, 6) is -0.419. The molecule has 2 N–H and O–H groups in total. The number of nitrogens with one attached hydrogen (secondary N) is 2. The Kier molecular flexibility index (Phi) is 5.40. The fourth-order valence-corrected chi connectivity index (χ4v) is 3.88. The highest BCUT2D eigenvalue weighted by molar-refractivity contribution is 5.96. The van der Waals surface area contributed by atoms with Crippen LogP contribution in [0.4, 0.5) is 5.69 Å². The average molecular weight is 350 g/mol. The first kappa shape index (κ1) is 18.2. The van der Waals surface area contributed by atoms with Gasteiger partial charge in [0.15, 0.2) is 0 Å². The average Bonchev–Trinajstić information content (AvgIpc) is 2.62. The Bertz CT molecular complexity index is 819. The Morgan fingerprint density at radius 3 is 2.50 bits per heavy atom. The van der Waals surface area contributed by atoms with Gasteiger partial charge in [-0.05, 0) is 62.3 Å². The summed E-state index contributed by atoms with van der Waals surface area (Å²) in [6.45, 7) is 5.98. The van der Waals surface area contributed by atoms with Crippen LogP contribution in [0, 0.1) is 20.8 Å². The number of fused-ring (bicyclic) bond motifs is 1. The molecule has 0 aliphatic heterocycles. The van der Waals surface area contributed by atoms with Gasteiger partial charge in [0.1, 0.15) is 0 Å². The predicted molar refractivity (Wildman–Crippen MR) is 104 cm³/mol. The number of benzene rings is 2. The fourth-order valence-electron chi connectivity index (χ4n) is 3.88. The van der Waals surface area contributed by atoms with Crippen molar-refractivity contribution in [2.75, 3.05) is 11.9 Å². The Hall–Kier alpha value is -2.62. The first-order valence-corrected chi connectivity index (χ1v) is 9.19. The van der Waals surface area contributed by atoms with Crippen molar-refractivity contribution >= 4 is 17.5 Å². The van der Waals surface area contributed by atoms with Crippen molar-refractivity contribution in [1.82, 2.24) is 5.32 Å². The van der Waals surface area contributed by atoms with Crippen molar-refractivity contribution in [1.29, 1.82) is 0 Å². The first-order valence-electron chi connectivity index (χ1n) is 9.19. The maximum Gasteiger partial charge on any atom is 0.243 e. The number of hydrogen-bond acceptors (Lipinski definition) is 2. The summed E-state index contributed by atoms with van der Waals surface area (Å²) in [7, 11) is 0. The minimum absolute atomic E-state index is 0.00967. The fraction of sp³-hybridized carbons (Fsp3) is 0.364. The van der Waals surface area contributed by atoms with E-state index in [2.05, 4.69) is 16.7 Å². The maximum atomic E-state index is 12.6. The van der Waals surface area contributed by atoms with Crippen LogP contribution >= 0.6 is 0 Å². The smallest absolute Gasteiger partial charge is 0.243 e. The summed E-state index contributed by atoms with van der Waals surface area (Å²) in [6.07, 6.45) is 2.86. The molecule has 26 heavy (non-hydrogen) atoms. The van der Waals surface area contributed by atoms with Gasteiger partial charge in [-0.15, -0.1) is 0 Å². The third-order valence-electron chi connectivity index (χ3n) is 5.05. The van der Waals surface area contributed by atoms with Crippen LogP contribution in [-0.4, -0.2) is 18.4 Å². The predicted octanol–water partition coefficient (Wildman–Crippen LogP) is 3.79. The molecule has 4 nitrogen and oxygen atoms in total. The molecule has 0 saturated carbocycles. The van der Waals surface area contributed by atoms with Crippen molar-refractivity contribution in [3.05, 3.63) is 64.2 Å². The Labute approximate surface area is 155 Å². The molecule has 2 aromatic carbocycles. The third-order valence-corrected chi connectivity index (χ3v) is 5.05. The summed E-state index contributed by atoms with van der Waals surface area (Å²) in [6, 6.07) is 12.2. The lowest BCUT2D eigenvalue weighted by Crippen LogP contribution is -2.37. The lowest BCUT2D eigenvalue weighted by atomic mass is 9.82. The summed E-state index contributed by atoms with van der Waals surface area (Å²) in [5.41, 5.74) is 6.41. The van der Waals surface area contributed by atoms with Crippen LogP contribution in [0.1, 0.15) is 46.6 Å². The minimum atomic E-state index is -0.197. The number of amides is 2. The van der Waals surface area contributed by atoms with E-state index in [0.29, 0.717) is 0 Å². The zero-order chi connectivity index (χ0) is 18.7. The monoisotopic (exact) mass is 350 g/mol. The molecule has 136 valence electrons. The van der Waals surface area contributed by atoms with Gasteiger partial charge in [0, 0.05) is 5.69 Å². The van der Waals surface area contributed by atoms with Crippen LogP contribution < -0.4 is 10.6 Å². The third kappa shape index (κ3) is 3.96. The largest absolute Gasteiger partial charge is 0.346 e. The van der Waals surface area contributed by atoms with Gasteiger partial charge in [-0.25, -0.2) is 0 Å². The second-order valence-electron chi connectivity index (χ2n) is 7.18. The van der Waals surface area contributed by atoms with E-state index in [1.165, 1.54) is 11.1 Å². The highest BCUT2D eigenvalue weighted by Crippen LogP contribution is 2.31. The molecule has 0 bridgehead atoms. The van der Waals surface area contributed by atoms with Crippen LogP contribution in [0.15, 0.2) is 36.4 Å². The summed E-state index contributed by atoms with van der Waals surface area (Å²) < 4.78 is 0. The Morgan fingerprint density at radius 1 is 1.08 bits per heavy atom. The summed E-state index contributed by atoms with van der Waals surface area (Å²) in [4.78, 5) is 24.9. The normalized spacial score (nSPS) is 15.9. The van der Waals surface area contributed by atoms with Gasteiger partial charge < -0.3 is 10.6 Å². The highest BCUT2D eigenvalue weighted by atomic mass is 16.2. The van der Waals surface area contributed by atoms with E-state index in [1.54, 1.807) is 0 Å². The van der Waals surface area contributed by atoms with E-state index >= 15 is 0 Å². The van der Waals surface area contributed by atoms with Crippen LogP contribution in [0.5, 0.6) is 0 Å². The van der Waals surface area contributed by atoms with Crippen LogP contribution in [0.3, 0.4) is 0 Å². The van der Waals surface area contributed by atoms with Crippen molar-refractivity contribution < 1.29 is 9.59 Å². The molecule has 3 rings (SSSR count). The molecule has 2 aromatic rings. The Morgan fingerprint density at radius 2 is 1.77 bits per heavy atom. The van der Waals surface area contributed by atoms with Gasteiger partial charge in [-0.2, -0.15) is 0 Å². The second kappa shape index (κ2) is 7.73. The van der Waals surface area contributed by atoms with Gasteiger partial charge >= 0.3 is 0 Å².